The van der Waals surface area contributed by atoms with Crippen LogP contribution in [0.1, 0.15) is 55.8 Å². The summed E-state index contributed by atoms with van der Waals surface area (Å²) in [6.45, 7) is 4.77. The lowest BCUT2D eigenvalue weighted by molar-refractivity contribution is -0.308. The summed E-state index contributed by atoms with van der Waals surface area (Å²) in [4.78, 5) is 32.3. The van der Waals surface area contributed by atoms with Gasteiger partial charge in [0.1, 0.15) is 17.2 Å². The van der Waals surface area contributed by atoms with Gasteiger partial charge in [-0.1, -0.05) is 0 Å². The number of nitrogens with zero attached hydrogens (tertiary/aromatic N) is 4. The van der Waals surface area contributed by atoms with Crippen LogP contribution in [0.2, 0.25) is 0 Å². The number of aliphatic hydroxyl groups is 1. The predicted octanol–water partition coefficient (Wildman–Crippen LogP) is 2.83. The first-order chi connectivity index (χ1) is 17.0. The highest BCUT2D eigenvalue weighted by atomic mass is 19.4. The van der Waals surface area contributed by atoms with Gasteiger partial charge in [-0.15, -0.1) is 0 Å². The number of ketones is 1. The van der Waals surface area contributed by atoms with E-state index in [0.717, 1.165) is 4.90 Å². The van der Waals surface area contributed by atoms with E-state index in [-0.39, 0.29) is 37.4 Å². The van der Waals surface area contributed by atoms with Crippen LogP contribution in [0.5, 0.6) is 0 Å². The number of piperidine rings is 1. The van der Waals surface area contributed by atoms with Crippen LogP contribution in [-0.4, -0.2) is 91.7 Å². The maximum Gasteiger partial charge on any atom is 0.434 e. The van der Waals surface area contributed by atoms with E-state index < -0.39 is 41.9 Å². The third kappa shape index (κ3) is 6.03. The number of carbonyl (C=O) groups is 2. The second-order valence-corrected chi connectivity index (χ2v) is 10.3. The molecule has 4 rings (SSSR count). The maximum absolute atomic E-state index is 13.1. The van der Waals surface area contributed by atoms with E-state index in [2.05, 4.69) is 15.0 Å². The molecule has 1 saturated carbocycles. The standard InChI is InChI=1S/C22H29F6N5O4/c1-13(16(34)14-11-32-9-10-33(12-15(32)29-14)20(36)3-4-20)30-19(2)5-7-31(8-6-19)18(35)37-17(21(23,24)25)22(26,27)28/h11,13,17,30,36H,3-10,12H2,1-2H3. The Bertz CT molecular complexity index is 1020. The van der Waals surface area contributed by atoms with Gasteiger partial charge in [0.25, 0.3) is 6.10 Å². The fourth-order valence-electron chi connectivity index (χ4n) is 4.79. The van der Waals surface area contributed by atoms with Gasteiger partial charge in [-0.2, -0.15) is 26.3 Å². The van der Waals surface area contributed by atoms with Crippen LogP contribution in [0.3, 0.4) is 0 Å². The van der Waals surface area contributed by atoms with Crippen molar-refractivity contribution in [1.29, 1.82) is 0 Å². The summed E-state index contributed by atoms with van der Waals surface area (Å²) < 4.78 is 81.8. The molecule has 1 atom stereocenters. The fraction of sp³-hybridized carbons (Fsp3) is 0.773. The molecular formula is C22H29F6N5O4. The molecule has 2 fully saturated rings. The molecule has 3 heterocycles. The number of alkyl halides is 6. The van der Waals surface area contributed by atoms with Crippen LogP contribution >= 0.6 is 0 Å². The highest BCUT2D eigenvalue weighted by Crippen LogP contribution is 2.40. The summed E-state index contributed by atoms with van der Waals surface area (Å²) >= 11 is 0. The van der Waals surface area contributed by atoms with Crippen molar-refractivity contribution in [3.63, 3.8) is 0 Å². The summed E-state index contributed by atoms with van der Waals surface area (Å²) in [7, 11) is 0. The minimum Gasteiger partial charge on any atom is -0.426 e. The Morgan fingerprint density at radius 2 is 1.65 bits per heavy atom. The second-order valence-electron chi connectivity index (χ2n) is 10.3. The van der Waals surface area contributed by atoms with E-state index in [4.69, 9.17) is 0 Å². The normalized spacial score (nSPS) is 22.5. The Kier molecular flexibility index (Phi) is 7.03. The lowest BCUT2D eigenvalue weighted by Crippen LogP contribution is -2.57. The Hall–Kier alpha value is -2.39. The number of imidazole rings is 1. The number of Topliss-reactive ketones (excluding diaryl/α,β-unsaturated/α-hetero) is 1. The Morgan fingerprint density at radius 1 is 1.05 bits per heavy atom. The second kappa shape index (κ2) is 9.42. The van der Waals surface area contributed by atoms with Gasteiger partial charge in [0.2, 0.25) is 0 Å². The van der Waals surface area contributed by atoms with E-state index in [9.17, 15) is 41.0 Å². The first-order valence-electron chi connectivity index (χ1n) is 12.0. The van der Waals surface area contributed by atoms with E-state index in [1.54, 1.807) is 20.0 Å². The number of fused-ring (bicyclic) bond motifs is 1. The topological polar surface area (TPSA) is 99.9 Å². The van der Waals surface area contributed by atoms with Crippen molar-refractivity contribution < 1.29 is 45.8 Å². The average molecular weight is 541 g/mol. The molecule has 1 aromatic heterocycles. The number of amides is 1. The maximum atomic E-state index is 13.1. The third-order valence-corrected chi connectivity index (χ3v) is 7.24. The molecule has 15 heteroatoms. The van der Waals surface area contributed by atoms with Gasteiger partial charge in [0, 0.05) is 37.9 Å². The zero-order chi connectivity index (χ0) is 27.4. The minimum absolute atomic E-state index is 0.150. The molecule has 1 aromatic rings. The van der Waals surface area contributed by atoms with Crippen molar-refractivity contribution in [1.82, 2.24) is 24.7 Å². The van der Waals surface area contributed by atoms with Crippen LogP contribution in [0.25, 0.3) is 0 Å². The number of ether oxygens (including phenoxy) is 1. The van der Waals surface area contributed by atoms with Crippen LogP contribution in [-0.2, 0) is 17.8 Å². The Morgan fingerprint density at radius 3 is 2.19 bits per heavy atom. The summed E-state index contributed by atoms with van der Waals surface area (Å²) in [5.74, 6) is 0.399. The van der Waals surface area contributed by atoms with Crippen molar-refractivity contribution >= 4 is 11.9 Å². The number of aromatic nitrogens is 2. The fourth-order valence-corrected chi connectivity index (χ4v) is 4.79. The number of hydrogen-bond donors (Lipinski definition) is 2. The molecule has 0 aromatic carbocycles. The molecule has 0 radical (unpaired) electrons. The monoisotopic (exact) mass is 541 g/mol. The van der Waals surface area contributed by atoms with Gasteiger partial charge in [-0.25, -0.2) is 9.78 Å². The van der Waals surface area contributed by atoms with Crippen molar-refractivity contribution in [2.24, 2.45) is 0 Å². The van der Waals surface area contributed by atoms with Gasteiger partial charge in [0.05, 0.1) is 12.6 Å². The molecule has 1 saturated heterocycles. The Balaban J connectivity index is 1.31. The van der Waals surface area contributed by atoms with Gasteiger partial charge >= 0.3 is 18.4 Å². The third-order valence-electron chi connectivity index (χ3n) is 7.24. The quantitative estimate of drug-likeness (QED) is 0.422. The molecule has 1 aliphatic carbocycles. The first kappa shape index (κ1) is 27.6. The summed E-state index contributed by atoms with van der Waals surface area (Å²) in [5, 5.41) is 13.5. The lowest BCUT2D eigenvalue weighted by atomic mass is 9.88. The molecule has 1 unspecified atom stereocenters. The Labute approximate surface area is 208 Å². The highest BCUT2D eigenvalue weighted by molar-refractivity contribution is 5.98. The van der Waals surface area contributed by atoms with Crippen molar-refractivity contribution in [3.05, 3.63) is 17.7 Å². The van der Waals surface area contributed by atoms with Gasteiger partial charge in [-0.05, 0) is 39.5 Å². The SMILES string of the molecule is CC(NC1(C)CCN(C(=O)OC(C(F)(F)F)C(F)(F)F)CC1)C(=O)c1cn2c(n1)CN(C1(O)CC1)CC2. The molecule has 2 N–H and O–H groups in total. The van der Waals surface area contributed by atoms with Gasteiger partial charge in [0.15, 0.2) is 5.78 Å². The van der Waals surface area contributed by atoms with Crippen molar-refractivity contribution in [2.45, 2.75) is 88.4 Å². The smallest absolute Gasteiger partial charge is 0.426 e. The number of carbonyl (C=O) groups excluding carboxylic acids is 2. The largest absolute Gasteiger partial charge is 0.434 e. The van der Waals surface area contributed by atoms with Crippen molar-refractivity contribution in [2.75, 3.05) is 19.6 Å². The van der Waals surface area contributed by atoms with Gasteiger partial charge < -0.3 is 24.6 Å². The lowest BCUT2D eigenvalue weighted by Gasteiger charge is -2.41. The molecule has 9 nitrogen and oxygen atoms in total. The minimum atomic E-state index is -5.78. The summed E-state index contributed by atoms with van der Waals surface area (Å²) in [5.41, 5.74) is -1.23. The molecule has 3 aliphatic rings. The van der Waals surface area contributed by atoms with E-state index in [1.807, 2.05) is 9.47 Å². The zero-order valence-corrected chi connectivity index (χ0v) is 20.3. The van der Waals surface area contributed by atoms with Crippen LogP contribution in [0.15, 0.2) is 6.20 Å². The van der Waals surface area contributed by atoms with Crippen molar-refractivity contribution in [3.8, 4) is 0 Å². The first-order valence-corrected chi connectivity index (χ1v) is 12.0. The number of nitrogens with one attached hydrogen (secondary N) is 1. The van der Waals surface area contributed by atoms with Gasteiger partial charge in [-0.3, -0.25) is 9.69 Å². The number of hydrogen-bond acceptors (Lipinski definition) is 7. The molecule has 0 spiro atoms. The number of rotatable bonds is 6. The van der Waals surface area contributed by atoms with E-state index >= 15 is 0 Å². The van der Waals surface area contributed by atoms with Crippen LogP contribution in [0.4, 0.5) is 31.1 Å². The van der Waals surface area contributed by atoms with E-state index in [0.29, 0.717) is 38.3 Å². The molecule has 208 valence electrons. The average Bonchev–Trinajstić information content (AvgIpc) is 3.39. The molecule has 1 amide bonds. The summed E-state index contributed by atoms with van der Waals surface area (Å²) in [6.07, 6.45) is -14.0. The predicted molar refractivity (Wildman–Crippen MR) is 115 cm³/mol. The summed E-state index contributed by atoms with van der Waals surface area (Å²) in [6, 6.07) is -0.691. The van der Waals surface area contributed by atoms with Crippen LogP contribution in [0, 0.1) is 0 Å². The molecule has 37 heavy (non-hydrogen) atoms. The molecule has 0 bridgehead atoms. The number of halogens is 6. The highest BCUT2D eigenvalue weighted by Gasteiger charge is 2.60. The zero-order valence-electron chi connectivity index (χ0n) is 20.3. The van der Waals surface area contributed by atoms with Crippen LogP contribution < -0.4 is 5.32 Å². The molecular weight excluding hydrogens is 512 g/mol. The number of likely N-dealkylation sites (tertiary alicyclic amines) is 1. The van der Waals surface area contributed by atoms with E-state index in [1.165, 1.54) is 0 Å². The molecule has 2 aliphatic heterocycles.